The summed E-state index contributed by atoms with van der Waals surface area (Å²) in [5.74, 6) is 0.814. The van der Waals surface area contributed by atoms with Crippen molar-refractivity contribution in [1.82, 2.24) is 15.3 Å². The Kier molecular flexibility index (Phi) is 6.43. The van der Waals surface area contributed by atoms with Crippen LogP contribution in [0.4, 0.5) is 23.0 Å². The molecule has 0 saturated heterocycles. The Bertz CT molecular complexity index is 1050. The van der Waals surface area contributed by atoms with E-state index in [9.17, 15) is 9.59 Å². The first-order chi connectivity index (χ1) is 14.5. The molecule has 0 radical (unpaired) electrons. The number of carbonyl (C=O) groups is 2. The van der Waals surface area contributed by atoms with E-state index in [0.717, 1.165) is 0 Å². The first-order valence-electron chi connectivity index (χ1n) is 8.99. The predicted molar refractivity (Wildman–Crippen MR) is 113 cm³/mol. The molecule has 0 bridgehead atoms. The third-order valence-corrected chi connectivity index (χ3v) is 4.19. The zero-order valence-electron chi connectivity index (χ0n) is 16.7. The van der Waals surface area contributed by atoms with E-state index < -0.39 is 5.97 Å². The van der Waals surface area contributed by atoms with Crippen molar-refractivity contribution in [3.8, 4) is 5.75 Å². The highest BCUT2D eigenvalue weighted by atomic mass is 16.5. The molecule has 3 aromatic rings. The Hall–Kier alpha value is -4.14. The molecule has 2 aromatic heterocycles. The molecule has 0 aliphatic heterocycles. The second-order valence-corrected chi connectivity index (χ2v) is 6.07. The van der Waals surface area contributed by atoms with Crippen LogP contribution in [0, 0.1) is 0 Å². The van der Waals surface area contributed by atoms with Crippen LogP contribution in [0.25, 0.3) is 0 Å². The summed E-state index contributed by atoms with van der Waals surface area (Å²) < 4.78 is 10.0. The summed E-state index contributed by atoms with van der Waals surface area (Å²) in [5.41, 5.74) is 1.93. The maximum absolute atomic E-state index is 12.3. The van der Waals surface area contributed by atoms with Crippen LogP contribution in [0.1, 0.15) is 20.7 Å². The molecule has 9 heteroatoms. The molecule has 0 fully saturated rings. The van der Waals surface area contributed by atoms with Crippen molar-refractivity contribution in [2.24, 2.45) is 0 Å². The molecular weight excluding hydrogens is 386 g/mol. The second-order valence-electron chi connectivity index (χ2n) is 6.07. The third-order valence-electron chi connectivity index (χ3n) is 4.19. The minimum Gasteiger partial charge on any atom is -0.495 e. The molecular formula is C21H21N5O4. The van der Waals surface area contributed by atoms with Gasteiger partial charge >= 0.3 is 5.97 Å². The van der Waals surface area contributed by atoms with E-state index in [2.05, 4.69) is 30.7 Å². The van der Waals surface area contributed by atoms with Crippen LogP contribution in [-0.2, 0) is 4.74 Å². The Morgan fingerprint density at radius 2 is 1.67 bits per heavy atom. The van der Waals surface area contributed by atoms with Gasteiger partial charge in [-0.25, -0.2) is 14.8 Å². The summed E-state index contributed by atoms with van der Waals surface area (Å²) in [4.78, 5) is 32.3. The summed E-state index contributed by atoms with van der Waals surface area (Å²) in [6, 6.07) is 12.3. The second kappa shape index (κ2) is 9.37. The number of amides is 1. The number of ether oxygens (including phenoxy) is 2. The number of pyridine rings is 2. The number of benzene rings is 1. The van der Waals surface area contributed by atoms with Gasteiger partial charge in [-0.3, -0.25) is 4.79 Å². The fraction of sp³-hybridized carbons (Fsp3) is 0.143. The normalized spacial score (nSPS) is 10.1. The Labute approximate surface area is 173 Å². The first-order valence-corrected chi connectivity index (χ1v) is 8.99. The Balaban J connectivity index is 1.90. The SMILES string of the molecule is CNC(=O)c1cnc(Nc2ccc(C(=O)OC)cn2)cc1Nc1ccccc1OC. The monoisotopic (exact) mass is 407 g/mol. The van der Waals surface area contributed by atoms with Gasteiger partial charge in [0.25, 0.3) is 5.91 Å². The van der Waals surface area contributed by atoms with Crippen molar-refractivity contribution in [1.29, 1.82) is 0 Å². The summed E-state index contributed by atoms with van der Waals surface area (Å²) >= 11 is 0. The molecule has 0 spiro atoms. The molecule has 9 nitrogen and oxygen atoms in total. The number of esters is 1. The van der Waals surface area contributed by atoms with Crippen molar-refractivity contribution in [3.05, 3.63) is 66.0 Å². The lowest BCUT2D eigenvalue weighted by atomic mass is 10.2. The molecule has 0 unspecified atom stereocenters. The van der Waals surface area contributed by atoms with Gasteiger partial charge in [-0.1, -0.05) is 12.1 Å². The molecule has 154 valence electrons. The zero-order chi connectivity index (χ0) is 21.5. The molecule has 1 aromatic carbocycles. The average molecular weight is 407 g/mol. The molecule has 1 amide bonds. The van der Waals surface area contributed by atoms with Gasteiger partial charge in [-0.2, -0.15) is 0 Å². The van der Waals surface area contributed by atoms with Crippen LogP contribution < -0.4 is 20.7 Å². The summed E-state index contributed by atoms with van der Waals surface area (Å²) in [7, 11) is 4.43. The van der Waals surface area contributed by atoms with Crippen LogP contribution in [-0.4, -0.2) is 43.1 Å². The molecule has 3 rings (SSSR count). The van der Waals surface area contributed by atoms with Crippen molar-refractivity contribution < 1.29 is 19.1 Å². The van der Waals surface area contributed by atoms with Gasteiger partial charge in [0, 0.05) is 25.5 Å². The Morgan fingerprint density at radius 1 is 0.900 bits per heavy atom. The predicted octanol–water partition coefficient (Wildman–Crippen LogP) is 3.12. The lowest BCUT2D eigenvalue weighted by Gasteiger charge is -2.15. The van der Waals surface area contributed by atoms with Gasteiger partial charge < -0.3 is 25.4 Å². The lowest BCUT2D eigenvalue weighted by Crippen LogP contribution is -2.19. The number of aromatic nitrogens is 2. The molecule has 30 heavy (non-hydrogen) atoms. The Morgan fingerprint density at radius 3 is 2.33 bits per heavy atom. The zero-order valence-corrected chi connectivity index (χ0v) is 16.7. The number of hydrogen-bond donors (Lipinski definition) is 3. The number of hydrogen-bond acceptors (Lipinski definition) is 8. The van der Waals surface area contributed by atoms with Gasteiger partial charge in [0.1, 0.15) is 17.4 Å². The van der Waals surface area contributed by atoms with E-state index in [1.165, 1.54) is 19.5 Å². The van der Waals surface area contributed by atoms with E-state index in [0.29, 0.717) is 39.9 Å². The summed E-state index contributed by atoms with van der Waals surface area (Å²) in [6.45, 7) is 0. The fourth-order valence-electron chi connectivity index (χ4n) is 2.67. The number of para-hydroxylation sites is 2. The van der Waals surface area contributed by atoms with Crippen molar-refractivity contribution in [2.75, 3.05) is 31.9 Å². The minimum absolute atomic E-state index is 0.285. The largest absolute Gasteiger partial charge is 0.495 e. The minimum atomic E-state index is -0.467. The van der Waals surface area contributed by atoms with Crippen molar-refractivity contribution >= 4 is 34.9 Å². The highest BCUT2D eigenvalue weighted by molar-refractivity contribution is 6.00. The van der Waals surface area contributed by atoms with E-state index in [4.69, 9.17) is 4.74 Å². The molecule has 0 aliphatic carbocycles. The fourth-order valence-corrected chi connectivity index (χ4v) is 2.67. The summed E-state index contributed by atoms with van der Waals surface area (Å²) in [6.07, 6.45) is 2.86. The van der Waals surface area contributed by atoms with Crippen LogP contribution >= 0.6 is 0 Å². The molecule has 3 N–H and O–H groups in total. The van der Waals surface area contributed by atoms with Crippen LogP contribution in [0.2, 0.25) is 0 Å². The topological polar surface area (TPSA) is 114 Å². The van der Waals surface area contributed by atoms with Crippen LogP contribution in [0.3, 0.4) is 0 Å². The maximum Gasteiger partial charge on any atom is 0.339 e. The van der Waals surface area contributed by atoms with Gasteiger partial charge in [0.05, 0.1) is 36.7 Å². The van der Waals surface area contributed by atoms with Gasteiger partial charge in [-0.15, -0.1) is 0 Å². The third kappa shape index (κ3) is 4.64. The first kappa shape index (κ1) is 20.6. The standard InChI is InChI=1S/C21H21N5O4/c1-22-20(27)14-12-24-19(26-18-9-8-13(11-23-18)21(28)30-3)10-16(14)25-15-6-4-5-7-17(15)29-2/h4-12H,1-3H3,(H,22,27)(H2,23,24,25,26). The van der Waals surface area contributed by atoms with Crippen LogP contribution in [0.5, 0.6) is 5.75 Å². The maximum atomic E-state index is 12.3. The number of nitrogens with zero attached hydrogens (tertiary/aromatic N) is 2. The number of nitrogens with one attached hydrogen (secondary N) is 3. The lowest BCUT2D eigenvalue weighted by molar-refractivity contribution is 0.0600. The van der Waals surface area contributed by atoms with Crippen LogP contribution in [0.15, 0.2) is 54.9 Å². The van der Waals surface area contributed by atoms with Gasteiger partial charge in [-0.05, 0) is 24.3 Å². The highest BCUT2D eigenvalue weighted by Gasteiger charge is 2.14. The van der Waals surface area contributed by atoms with E-state index in [1.54, 1.807) is 32.4 Å². The molecule has 0 aliphatic rings. The molecule has 0 saturated carbocycles. The van der Waals surface area contributed by atoms with Crippen molar-refractivity contribution in [3.63, 3.8) is 0 Å². The van der Waals surface area contributed by atoms with E-state index in [1.807, 2.05) is 24.3 Å². The number of rotatable bonds is 7. The summed E-state index contributed by atoms with van der Waals surface area (Å²) in [5, 5.41) is 8.87. The molecule has 2 heterocycles. The number of anilines is 4. The average Bonchev–Trinajstić information content (AvgIpc) is 2.79. The smallest absolute Gasteiger partial charge is 0.339 e. The van der Waals surface area contributed by atoms with Gasteiger partial charge in [0.2, 0.25) is 0 Å². The van der Waals surface area contributed by atoms with E-state index in [-0.39, 0.29) is 5.91 Å². The molecule has 0 atom stereocenters. The number of methoxy groups -OCH3 is 2. The number of carbonyl (C=O) groups excluding carboxylic acids is 2. The quantitative estimate of drug-likeness (QED) is 0.512. The van der Waals surface area contributed by atoms with Gasteiger partial charge in [0.15, 0.2) is 0 Å². The highest BCUT2D eigenvalue weighted by Crippen LogP contribution is 2.30. The van der Waals surface area contributed by atoms with Crippen molar-refractivity contribution in [2.45, 2.75) is 0 Å². The van der Waals surface area contributed by atoms with E-state index >= 15 is 0 Å².